The SMILES string of the molecule is COc1ccc(N(CC(=O)NC2CCS(=O)(=O)C2)S(=O)(=O)c2ccc3c(c2)OCCO3)cc1. The Kier molecular flexibility index (Phi) is 6.39. The predicted octanol–water partition coefficient (Wildman–Crippen LogP) is 0.965. The molecular weight excluding hydrogens is 472 g/mol. The first kappa shape index (κ1) is 23.2. The fraction of sp³-hybridized carbons (Fsp3) is 0.381. The number of carbonyl (C=O) groups excluding carboxylic acids is 1. The van der Waals surface area contributed by atoms with Gasteiger partial charge in [0.2, 0.25) is 5.91 Å². The Hall–Kier alpha value is -2.99. The maximum atomic E-state index is 13.6. The lowest BCUT2D eigenvalue weighted by Crippen LogP contribution is -2.44. The monoisotopic (exact) mass is 496 g/mol. The summed E-state index contributed by atoms with van der Waals surface area (Å²) in [6, 6.07) is 9.95. The summed E-state index contributed by atoms with van der Waals surface area (Å²) in [5, 5.41) is 2.64. The Morgan fingerprint density at radius 1 is 1.12 bits per heavy atom. The molecule has 0 aliphatic carbocycles. The lowest BCUT2D eigenvalue weighted by atomic mass is 10.2. The van der Waals surface area contributed by atoms with Gasteiger partial charge in [-0.2, -0.15) is 0 Å². The van der Waals surface area contributed by atoms with Crippen molar-refractivity contribution in [3.63, 3.8) is 0 Å². The molecule has 0 aromatic heterocycles. The van der Waals surface area contributed by atoms with E-state index in [-0.39, 0.29) is 22.1 Å². The minimum atomic E-state index is -4.18. The van der Waals surface area contributed by atoms with Gasteiger partial charge in [-0.15, -0.1) is 0 Å². The van der Waals surface area contributed by atoms with Crippen LogP contribution in [-0.2, 0) is 24.7 Å². The summed E-state index contributed by atoms with van der Waals surface area (Å²) in [7, 11) is -5.89. The summed E-state index contributed by atoms with van der Waals surface area (Å²) in [5.74, 6) is 0.505. The van der Waals surface area contributed by atoms with Crippen molar-refractivity contribution < 1.29 is 35.8 Å². The van der Waals surface area contributed by atoms with Gasteiger partial charge in [-0.25, -0.2) is 16.8 Å². The first-order valence-electron chi connectivity index (χ1n) is 10.2. The van der Waals surface area contributed by atoms with Crippen molar-refractivity contribution >= 4 is 31.5 Å². The van der Waals surface area contributed by atoms with Crippen molar-refractivity contribution in [1.82, 2.24) is 5.32 Å². The third-order valence-electron chi connectivity index (χ3n) is 5.35. The number of anilines is 1. The minimum absolute atomic E-state index is 0.00433. The van der Waals surface area contributed by atoms with Crippen LogP contribution in [0.2, 0.25) is 0 Å². The number of nitrogens with zero attached hydrogens (tertiary/aromatic N) is 1. The molecule has 0 spiro atoms. The topological polar surface area (TPSA) is 128 Å². The highest BCUT2D eigenvalue weighted by Crippen LogP contribution is 2.34. The van der Waals surface area contributed by atoms with Crippen molar-refractivity contribution in [2.75, 3.05) is 42.7 Å². The van der Waals surface area contributed by atoms with Crippen LogP contribution >= 0.6 is 0 Å². The lowest BCUT2D eigenvalue weighted by Gasteiger charge is -2.26. The van der Waals surface area contributed by atoms with E-state index in [4.69, 9.17) is 14.2 Å². The molecule has 2 aliphatic heterocycles. The molecule has 4 rings (SSSR count). The third-order valence-corrected chi connectivity index (χ3v) is 8.88. The van der Waals surface area contributed by atoms with E-state index < -0.39 is 38.4 Å². The van der Waals surface area contributed by atoms with E-state index in [1.165, 1.54) is 37.4 Å². The van der Waals surface area contributed by atoms with Crippen LogP contribution in [0, 0.1) is 0 Å². The molecule has 0 bridgehead atoms. The number of ether oxygens (including phenoxy) is 3. The highest BCUT2D eigenvalue weighted by atomic mass is 32.2. The van der Waals surface area contributed by atoms with Gasteiger partial charge in [0.15, 0.2) is 21.3 Å². The van der Waals surface area contributed by atoms with Gasteiger partial charge in [0.1, 0.15) is 25.5 Å². The molecule has 1 fully saturated rings. The molecule has 1 atom stereocenters. The second kappa shape index (κ2) is 9.10. The molecule has 12 heteroatoms. The molecule has 2 aromatic rings. The molecule has 1 N–H and O–H groups in total. The van der Waals surface area contributed by atoms with Crippen molar-refractivity contribution in [2.45, 2.75) is 17.4 Å². The number of carbonyl (C=O) groups is 1. The van der Waals surface area contributed by atoms with Crippen LogP contribution in [0.3, 0.4) is 0 Å². The molecule has 2 aromatic carbocycles. The molecule has 1 saturated heterocycles. The van der Waals surface area contributed by atoms with Crippen LogP contribution in [0.1, 0.15) is 6.42 Å². The van der Waals surface area contributed by atoms with Gasteiger partial charge in [-0.05, 0) is 42.8 Å². The molecule has 10 nitrogen and oxygen atoms in total. The first-order chi connectivity index (χ1) is 15.7. The maximum absolute atomic E-state index is 13.6. The minimum Gasteiger partial charge on any atom is -0.497 e. The summed E-state index contributed by atoms with van der Waals surface area (Å²) < 4.78 is 67.6. The number of hydrogen-bond donors (Lipinski definition) is 1. The number of nitrogens with one attached hydrogen (secondary N) is 1. The summed E-state index contributed by atoms with van der Waals surface area (Å²) in [4.78, 5) is 12.7. The highest BCUT2D eigenvalue weighted by Gasteiger charge is 2.32. The summed E-state index contributed by atoms with van der Waals surface area (Å²) >= 11 is 0. The Balaban J connectivity index is 1.63. The van der Waals surface area contributed by atoms with E-state index in [1.807, 2.05) is 0 Å². The van der Waals surface area contributed by atoms with E-state index in [1.54, 1.807) is 12.1 Å². The van der Waals surface area contributed by atoms with Gasteiger partial charge >= 0.3 is 0 Å². The molecule has 1 unspecified atom stereocenters. The van der Waals surface area contributed by atoms with Gasteiger partial charge in [0, 0.05) is 12.1 Å². The fourth-order valence-electron chi connectivity index (χ4n) is 3.69. The van der Waals surface area contributed by atoms with Crippen LogP contribution in [-0.4, -0.2) is 67.2 Å². The number of amides is 1. The predicted molar refractivity (Wildman–Crippen MR) is 120 cm³/mol. The van der Waals surface area contributed by atoms with Crippen LogP contribution in [0.4, 0.5) is 5.69 Å². The molecule has 33 heavy (non-hydrogen) atoms. The van der Waals surface area contributed by atoms with Crippen LogP contribution in [0.15, 0.2) is 47.4 Å². The Bertz CT molecular complexity index is 1240. The molecule has 2 heterocycles. The molecule has 0 saturated carbocycles. The average Bonchev–Trinajstić information content (AvgIpc) is 3.15. The molecule has 1 amide bonds. The maximum Gasteiger partial charge on any atom is 0.264 e. The number of fused-ring (bicyclic) bond motifs is 1. The number of rotatable bonds is 7. The van der Waals surface area contributed by atoms with E-state index in [0.29, 0.717) is 36.9 Å². The zero-order chi connectivity index (χ0) is 23.6. The first-order valence-corrected chi connectivity index (χ1v) is 13.5. The van der Waals surface area contributed by atoms with Gasteiger partial charge < -0.3 is 19.5 Å². The number of sulfone groups is 1. The smallest absolute Gasteiger partial charge is 0.264 e. The Labute approximate surface area is 192 Å². The van der Waals surface area contributed by atoms with E-state index in [9.17, 15) is 21.6 Å². The van der Waals surface area contributed by atoms with Crippen molar-refractivity contribution in [1.29, 1.82) is 0 Å². The lowest BCUT2D eigenvalue weighted by molar-refractivity contribution is -0.120. The quantitative estimate of drug-likeness (QED) is 0.600. The second-order valence-corrected chi connectivity index (χ2v) is 11.8. The normalized spacial score (nSPS) is 19.0. The molecule has 0 radical (unpaired) electrons. The molecule has 2 aliphatic rings. The summed E-state index contributed by atoms with van der Waals surface area (Å²) in [6.07, 6.45) is 0.297. The summed E-state index contributed by atoms with van der Waals surface area (Å²) in [5.41, 5.74) is 0.250. The average molecular weight is 497 g/mol. The third kappa shape index (κ3) is 5.17. The van der Waals surface area contributed by atoms with E-state index >= 15 is 0 Å². The molecule has 178 valence electrons. The van der Waals surface area contributed by atoms with Gasteiger partial charge in [-0.3, -0.25) is 9.10 Å². The zero-order valence-electron chi connectivity index (χ0n) is 17.9. The Morgan fingerprint density at radius 3 is 2.45 bits per heavy atom. The van der Waals surface area contributed by atoms with Crippen molar-refractivity contribution in [3.8, 4) is 17.2 Å². The molecular formula is C21H24N2O8S2. The standard InChI is InChI=1S/C21H24N2O8S2/c1-29-17-4-2-16(3-5-17)23(13-21(24)22-15-8-11-32(25,26)14-15)33(27,28)18-6-7-19-20(12-18)31-10-9-30-19/h2-7,12,15H,8-11,13-14H2,1H3,(H,22,24). The Morgan fingerprint density at radius 2 is 1.82 bits per heavy atom. The number of hydrogen-bond acceptors (Lipinski definition) is 8. The van der Waals surface area contributed by atoms with Crippen LogP contribution < -0.4 is 23.8 Å². The van der Waals surface area contributed by atoms with Gasteiger partial charge in [0.05, 0.1) is 29.2 Å². The largest absolute Gasteiger partial charge is 0.497 e. The van der Waals surface area contributed by atoms with Gasteiger partial charge in [-0.1, -0.05) is 0 Å². The highest BCUT2D eigenvalue weighted by molar-refractivity contribution is 7.93. The van der Waals surface area contributed by atoms with Crippen LogP contribution in [0.5, 0.6) is 17.2 Å². The van der Waals surface area contributed by atoms with Gasteiger partial charge in [0.25, 0.3) is 10.0 Å². The number of benzene rings is 2. The zero-order valence-corrected chi connectivity index (χ0v) is 19.5. The van der Waals surface area contributed by atoms with Crippen molar-refractivity contribution in [3.05, 3.63) is 42.5 Å². The number of sulfonamides is 1. The van der Waals surface area contributed by atoms with E-state index in [2.05, 4.69) is 5.32 Å². The van der Waals surface area contributed by atoms with Crippen LogP contribution in [0.25, 0.3) is 0 Å². The number of methoxy groups -OCH3 is 1. The summed E-state index contributed by atoms with van der Waals surface area (Å²) in [6.45, 7) is 0.138. The fourth-order valence-corrected chi connectivity index (χ4v) is 6.80. The van der Waals surface area contributed by atoms with E-state index in [0.717, 1.165) is 4.31 Å². The van der Waals surface area contributed by atoms with Crippen molar-refractivity contribution in [2.24, 2.45) is 0 Å². The second-order valence-electron chi connectivity index (χ2n) is 7.68.